The number of carbonyl (C=O) groups excluding carboxylic acids is 1. The van der Waals surface area contributed by atoms with Gasteiger partial charge in [-0.25, -0.2) is 4.39 Å². The quantitative estimate of drug-likeness (QED) is 0.654. The fourth-order valence-electron chi connectivity index (χ4n) is 2.09. The van der Waals surface area contributed by atoms with Crippen LogP contribution in [-0.4, -0.2) is 41.7 Å². The molecule has 0 aromatic heterocycles. The van der Waals surface area contributed by atoms with Crippen LogP contribution in [0.2, 0.25) is 0 Å². The van der Waals surface area contributed by atoms with E-state index in [-0.39, 0.29) is 30.4 Å². The Morgan fingerprint density at radius 1 is 1.48 bits per heavy atom. The van der Waals surface area contributed by atoms with E-state index < -0.39 is 0 Å². The number of thioether (sulfide) groups is 1. The van der Waals surface area contributed by atoms with Gasteiger partial charge in [0.1, 0.15) is 5.82 Å². The van der Waals surface area contributed by atoms with Gasteiger partial charge < -0.3 is 15.7 Å². The predicted octanol–water partition coefficient (Wildman–Crippen LogP) is 2.25. The average molecular weight is 314 g/mol. The lowest BCUT2D eigenvalue weighted by Gasteiger charge is -2.22. The third kappa shape index (κ3) is 7.45. The molecule has 2 unspecified atom stereocenters. The number of anilines is 1. The molecule has 2 atom stereocenters. The maximum atomic E-state index is 13.0. The van der Waals surface area contributed by atoms with Crippen molar-refractivity contribution in [1.29, 1.82) is 0 Å². The fourth-order valence-corrected chi connectivity index (χ4v) is 2.75. The summed E-state index contributed by atoms with van der Waals surface area (Å²) in [6.07, 6.45) is 2.97. The first-order chi connectivity index (χ1) is 10.0. The first-order valence-electron chi connectivity index (χ1n) is 6.96. The summed E-state index contributed by atoms with van der Waals surface area (Å²) in [5.74, 6) is 0.352. The van der Waals surface area contributed by atoms with Gasteiger partial charge in [-0.1, -0.05) is 6.07 Å². The van der Waals surface area contributed by atoms with Crippen molar-refractivity contribution < 1.29 is 14.3 Å². The van der Waals surface area contributed by atoms with Gasteiger partial charge in [0, 0.05) is 36.6 Å². The maximum Gasteiger partial charge on any atom is 0.225 e. The van der Waals surface area contributed by atoms with Crippen molar-refractivity contribution in [2.75, 3.05) is 23.9 Å². The summed E-state index contributed by atoms with van der Waals surface area (Å²) < 4.78 is 13.0. The lowest BCUT2D eigenvalue weighted by atomic mass is 10.1. The molecule has 21 heavy (non-hydrogen) atoms. The predicted molar refractivity (Wildman–Crippen MR) is 86.1 cm³/mol. The summed E-state index contributed by atoms with van der Waals surface area (Å²) in [4.78, 5) is 11.9. The summed E-state index contributed by atoms with van der Waals surface area (Å²) in [7, 11) is 0. The SMILES string of the molecule is CSCC(CCO)NC(C)CC(=O)Nc1cccc(F)c1. The van der Waals surface area contributed by atoms with Gasteiger partial charge >= 0.3 is 0 Å². The van der Waals surface area contributed by atoms with Crippen molar-refractivity contribution in [3.63, 3.8) is 0 Å². The summed E-state index contributed by atoms with van der Waals surface area (Å²) >= 11 is 1.70. The van der Waals surface area contributed by atoms with Gasteiger partial charge in [-0.3, -0.25) is 4.79 Å². The summed E-state index contributed by atoms with van der Waals surface area (Å²) in [6.45, 7) is 2.05. The van der Waals surface area contributed by atoms with Crippen LogP contribution in [0, 0.1) is 5.82 Å². The van der Waals surface area contributed by atoms with E-state index in [2.05, 4.69) is 10.6 Å². The molecule has 6 heteroatoms. The number of amides is 1. The zero-order valence-corrected chi connectivity index (χ0v) is 13.3. The second-order valence-electron chi connectivity index (χ2n) is 4.99. The first kappa shape index (κ1) is 17.9. The largest absolute Gasteiger partial charge is 0.396 e. The smallest absolute Gasteiger partial charge is 0.225 e. The van der Waals surface area contributed by atoms with E-state index in [1.165, 1.54) is 12.1 Å². The van der Waals surface area contributed by atoms with E-state index >= 15 is 0 Å². The van der Waals surface area contributed by atoms with E-state index in [1.807, 2.05) is 13.2 Å². The van der Waals surface area contributed by atoms with Crippen LogP contribution in [0.1, 0.15) is 19.8 Å². The molecule has 3 N–H and O–H groups in total. The molecular formula is C15H23FN2O2S. The highest BCUT2D eigenvalue weighted by molar-refractivity contribution is 7.98. The van der Waals surface area contributed by atoms with E-state index in [4.69, 9.17) is 5.11 Å². The van der Waals surface area contributed by atoms with Gasteiger partial charge in [0.25, 0.3) is 0 Å². The van der Waals surface area contributed by atoms with Crippen molar-refractivity contribution in [3.8, 4) is 0 Å². The van der Waals surface area contributed by atoms with Crippen molar-refractivity contribution in [2.45, 2.75) is 31.8 Å². The monoisotopic (exact) mass is 314 g/mol. The highest BCUT2D eigenvalue weighted by Crippen LogP contribution is 2.10. The van der Waals surface area contributed by atoms with Gasteiger partial charge in [0.2, 0.25) is 5.91 Å². The van der Waals surface area contributed by atoms with Crippen LogP contribution in [0.15, 0.2) is 24.3 Å². The van der Waals surface area contributed by atoms with Gasteiger partial charge in [-0.2, -0.15) is 11.8 Å². The number of aliphatic hydroxyl groups excluding tert-OH is 1. The Bertz CT molecular complexity index is 439. The average Bonchev–Trinajstić information content (AvgIpc) is 2.38. The summed E-state index contributed by atoms with van der Waals surface area (Å²) in [5.41, 5.74) is 0.461. The molecule has 0 bridgehead atoms. The second kappa shape index (κ2) is 9.76. The molecule has 1 aromatic carbocycles. The molecule has 1 amide bonds. The lowest BCUT2D eigenvalue weighted by molar-refractivity contribution is -0.116. The van der Waals surface area contributed by atoms with Crippen molar-refractivity contribution in [1.82, 2.24) is 5.32 Å². The number of benzene rings is 1. The number of rotatable bonds is 9. The highest BCUT2D eigenvalue weighted by atomic mass is 32.2. The molecule has 0 aliphatic heterocycles. The Kier molecular flexibility index (Phi) is 8.34. The highest BCUT2D eigenvalue weighted by Gasteiger charge is 2.14. The Hall–Kier alpha value is -1.11. The topological polar surface area (TPSA) is 61.4 Å². The van der Waals surface area contributed by atoms with Crippen LogP contribution < -0.4 is 10.6 Å². The standard InChI is InChI=1S/C15H23FN2O2S/c1-11(17-14(6-7-19)10-21-2)8-15(20)18-13-5-3-4-12(16)9-13/h3-5,9,11,14,17,19H,6-8,10H2,1-2H3,(H,18,20). The molecule has 0 saturated heterocycles. The molecule has 0 saturated carbocycles. The Labute approximate surface area is 129 Å². The molecule has 0 fully saturated rings. The minimum absolute atomic E-state index is 0.0118. The number of hydrogen-bond donors (Lipinski definition) is 3. The zero-order chi connectivity index (χ0) is 15.7. The Morgan fingerprint density at radius 2 is 2.24 bits per heavy atom. The molecule has 0 radical (unpaired) electrons. The van der Waals surface area contributed by atoms with Crippen molar-refractivity contribution in [3.05, 3.63) is 30.1 Å². The van der Waals surface area contributed by atoms with Crippen LogP contribution in [0.3, 0.4) is 0 Å². The Morgan fingerprint density at radius 3 is 2.86 bits per heavy atom. The van der Waals surface area contributed by atoms with Crippen LogP contribution in [-0.2, 0) is 4.79 Å². The van der Waals surface area contributed by atoms with Crippen LogP contribution in [0.25, 0.3) is 0 Å². The maximum absolute atomic E-state index is 13.0. The van der Waals surface area contributed by atoms with Crippen molar-refractivity contribution >= 4 is 23.4 Å². The third-order valence-corrected chi connectivity index (χ3v) is 3.70. The second-order valence-corrected chi connectivity index (χ2v) is 5.91. The molecule has 118 valence electrons. The normalized spacial score (nSPS) is 13.7. The minimum Gasteiger partial charge on any atom is -0.396 e. The van der Waals surface area contributed by atoms with Gasteiger partial charge in [-0.15, -0.1) is 0 Å². The summed E-state index contributed by atoms with van der Waals surface area (Å²) in [5, 5.41) is 15.0. The van der Waals surface area contributed by atoms with Gasteiger partial charge in [0.15, 0.2) is 0 Å². The summed E-state index contributed by atoms with van der Waals surface area (Å²) in [6, 6.07) is 6.01. The van der Waals surface area contributed by atoms with E-state index in [0.717, 1.165) is 5.75 Å². The van der Waals surface area contributed by atoms with Crippen LogP contribution in [0.4, 0.5) is 10.1 Å². The molecule has 0 aliphatic rings. The van der Waals surface area contributed by atoms with Gasteiger partial charge in [0.05, 0.1) is 0 Å². The van der Waals surface area contributed by atoms with Crippen LogP contribution in [0.5, 0.6) is 0 Å². The molecule has 4 nitrogen and oxygen atoms in total. The number of hydrogen-bond acceptors (Lipinski definition) is 4. The molecule has 1 aromatic rings. The third-order valence-electron chi connectivity index (χ3n) is 2.97. The van der Waals surface area contributed by atoms with E-state index in [0.29, 0.717) is 18.5 Å². The lowest BCUT2D eigenvalue weighted by Crippen LogP contribution is -2.40. The van der Waals surface area contributed by atoms with E-state index in [9.17, 15) is 9.18 Å². The molecule has 0 spiro atoms. The van der Waals surface area contributed by atoms with E-state index in [1.54, 1.807) is 23.9 Å². The molecule has 0 aliphatic carbocycles. The van der Waals surface area contributed by atoms with Crippen LogP contribution >= 0.6 is 11.8 Å². The number of carbonyl (C=O) groups is 1. The zero-order valence-electron chi connectivity index (χ0n) is 12.4. The number of aliphatic hydroxyl groups is 1. The number of halogens is 1. The first-order valence-corrected chi connectivity index (χ1v) is 8.35. The van der Waals surface area contributed by atoms with Gasteiger partial charge in [-0.05, 0) is 37.8 Å². The molecular weight excluding hydrogens is 291 g/mol. The fraction of sp³-hybridized carbons (Fsp3) is 0.533. The number of nitrogens with one attached hydrogen (secondary N) is 2. The Balaban J connectivity index is 2.42. The van der Waals surface area contributed by atoms with Crippen molar-refractivity contribution in [2.24, 2.45) is 0 Å². The molecule has 1 rings (SSSR count). The minimum atomic E-state index is -0.373. The molecule has 0 heterocycles.